The summed E-state index contributed by atoms with van der Waals surface area (Å²) in [7, 11) is 0. The highest BCUT2D eigenvalue weighted by molar-refractivity contribution is 6.33. The molecule has 4 nitrogen and oxygen atoms in total. The number of rotatable bonds is 4. The van der Waals surface area contributed by atoms with Crippen molar-refractivity contribution in [3.8, 4) is 6.07 Å². The van der Waals surface area contributed by atoms with E-state index in [9.17, 15) is 18.0 Å². The zero-order valence-electron chi connectivity index (χ0n) is 10.8. The van der Waals surface area contributed by atoms with E-state index in [0.717, 1.165) is 24.4 Å². The summed E-state index contributed by atoms with van der Waals surface area (Å²) < 4.78 is 42.4. The highest BCUT2D eigenvalue weighted by Gasteiger charge is 2.30. The molecule has 0 aliphatic carbocycles. The lowest BCUT2D eigenvalue weighted by Gasteiger charge is -2.10. The van der Waals surface area contributed by atoms with E-state index in [4.69, 9.17) is 16.9 Å². The van der Waals surface area contributed by atoms with Gasteiger partial charge in [0.1, 0.15) is 6.07 Å². The summed E-state index contributed by atoms with van der Waals surface area (Å²) in [5, 5.41) is 11.2. The van der Waals surface area contributed by atoms with Gasteiger partial charge in [0.25, 0.3) is 0 Å². The van der Waals surface area contributed by atoms with Crippen LogP contribution >= 0.6 is 11.6 Å². The fourth-order valence-electron chi connectivity index (χ4n) is 1.31. The van der Waals surface area contributed by atoms with Gasteiger partial charge in [0.15, 0.2) is 5.57 Å². The lowest BCUT2D eigenvalue weighted by Crippen LogP contribution is -2.08. The van der Waals surface area contributed by atoms with Gasteiger partial charge in [-0.2, -0.15) is 18.4 Å². The highest BCUT2D eigenvalue weighted by Crippen LogP contribution is 2.33. The van der Waals surface area contributed by atoms with E-state index in [2.05, 4.69) is 10.1 Å². The molecule has 1 aromatic carbocycles. The summed E-state index contributed by atoms with van der Waals surface area (Å²) in [6, 6.07) is 4.25. The second-order valence-electron chi connectivity index (χ2n) is 3.73. The Bertz CT molecular complexity index is 606. The second-order valence-corrected chi connectivity index (χ2v) is 4.13. The van der Waals surface area contributed by atoms with Gasteiger partial charge in [-0.3, -0.25) is 0 Å². The minimum absolute atomic E-state index is 0.0143. The van der Waals surface area contributed by atoms with Crippen LogP contribution in [-0.4, -0.2) is 12.6 Å². The van der Waals surface area contributed by atoms with E-state index in [-0.39, 0.29) is 22.9 Å². The molecule has 0 bridgehead atoms. The first kappa shape index (κ1) is 16.9. The quantitative estimate of drug-likeness (QED) is 0.522. The molecule has 1 rings (SSSR count). The van der Waals surface area contributed by atoms with Crippen molar-refractivity contribution in [1.82, 2.24) is 0 Å². The lowest BCUT2D eigenvalue weighted by atomic mass is 10.2. The minimum Gasteiger partial charge on any atom is -0.462 e. The van der Waals surface area contributed by atoms with Crippen LogP contribution in [0, 0.1) is 11.3 Å². The predicted octanol–water partition coefficient (Wildman–Crippen LogP) is 3.74. The van der Waals surface area contributed by atoms with E-state index >= 15 is 0 Å². The average molecular weight is 319 g/mol. The maximum atomic E-state index is 12.6. The van der Waals surface area contributed by atoms with Crippen molar-refractivity contribution in [2.45, 2.75) is 13.1 Å². The summed E-state index contributed by atoms with van der Waals surface area (Å²) in [6.45, 7) is 1.63. The number of hydrogen-bond acceptors (Lipinski definition) is 4. The Morgan fingerprint density at radius 2 is 2.19 bits per heavy atom. The maximum Gasteiger partial charge on any atom is 0.416 e. The Morgan fingerprint density at radius 1 is 1.52 bits per heavy atom. The molecule has 0 saturated carbocycles. The molecular weight excluding hydrogens is 309 g/mol. The standard InChI is InChI=1S/C13H10ClF3N2O2/c1-2-21-12(20)8(6-18)7-19-11-5-9(13(15,16)17)3-4-10(11)14/h3-5,7,19H,2H2,1H3/b8-7-. The average Bonchev–Trinajstić information content (AvgIpc) is 2.40. The smallest absolute Gasteiger partial charge is 0.416 e. The number of halogens is 4. The van der Waals surface area contributed by atoms with Gasteiger partial charge in [0.2, 0.25) is 0 Å². The highest BCUT2D eigenvalue weighted by atomic mass is 35.5. The molecule has 0 aliphatic heterocycles. The third kappa shape index (κ3) is 4.68. The number of alkyl halides is 3. The Kier molecular flexibility index (Phi) is 5.61. The van der Waals surface area contributed by atoms with Crippen molar-refractivity contribution in [2.24, 2.45) is 0 Å². The molecule has 0 saturated heterocycles. The van der Waals surface area contributed by atoms with E-state index < -0.39 is 17.7 Å². The van der Waals surface area contributed by atoms with Crippen LogP contribution in [0.5, 0.6) is 0 Å². The largest absolute Gasteiger partial charge is 0.462 e. The van der Waals surface area contributed by atoms with Gasteiger partial charge in [0, 0.05) is 6.20 Å². The third-order valence-electron chi connectivity index (χ3n) is 2.28. The zero-order chi connectivity index (χ0) is 16.0. The SMILES string of the molecule is CCOC(=O)/C(C#N)=C\Nc1cc(C(F)(F)F)ccc1Cl. The van der Waals surface area contributed by atoms with Crippen LogP contribution in [-0.2, 0) is 15.7 Å². The number of esters is 1. The summed E-state index contributed by atoms with van der Waals surface area (Å²) in [5.74, 6) is -0.879. The molecule has 0 heterocycles. The van der Waals surface area contributed by atoms with Gasteiger partial charge >= 0.3 is 12.1 Å². The van der Waals surface area contributed by atoms with Gasteiger partial charge in [-0.25, -0.2) is 4.79 Å². The topological polar surface area (TPSA) is 62.1 Å². The van der Waals surface area contributed by atoms with Crippen LogP contribution in [0.1, 0.15) is 12.5 Å². The molecule has 0 atom stereocenters. The van der Waals surface area contributed by atoms with E-state index in [1.54, 1.807) is 13.0 Å². The number of ether oxygens (including phenoxy) is 1. The molecule has 0 aromatic heterocycles. The summed E-state index contributed by atoms with van der Waals surface area (Å²) >= 11 is 5.76. The van der Waals surface area contributed by atoms with Crippen molar-refractivity contribution >= 4 is 23.3 Å². The Hall–Kier alpha value is -2.20. The molecule has 0 fully saturated rings. The molecule has 112 valence electrons. The number of nitriles is 1. The zero-order valence-corrected chi connectivity index (χ0v) is 11.5. The monoisotopic (exact) mass is 318 g/mol. The summed E-state index contributed by atoms with van der Waals surface area (Å²) in [6.07, 6.45) is -3.58. The second kappa shape index (κ2) is 6.99. The van der Waals surface area contributed by atoms with Gasteiger partial charge < -0.3 is 10.1 Å². The lowest BCUT2D eigenvalue weighted by molar-refractivity contribution is -0.138. The van der Waals surface area contributed by atoms with Crippen molar-refractivity contribution in [2.75, 3.05) is 11.9 Å². The van der Waals surface area contributed by atoms with Gasteiger partial charge in [-0.15, -0.1) is 0 Å². The molecule has 1 N–H and O–H groups in total. The number of anilines is 1. The van der Waals surface area contributed by atoms with E-state index in [0.29, 0.717) is 0 Å². The molecule has 0 radical (unpaired) electrons. The molecule has 8 heteroatoms. The minimum atomic E-state index is -4.52. The first-order valence-electron chi connectivity index (χ1n) is 5.70. The van der Waals surface area contributed by atoms with Crippen LogP contribution in [0.25, 0.3) is 0 Å². The fourth-order valence-corrected chi connectivity index (χ4v) is 1.48. The van der Waals surface area contributed by atoms with Crippen molar-refractivity contribution < 1.29 is 22.7 Å². The molecule has 0 unspecified atom stereocenters. The van der Waals surface area contributed by atoms with Gasteiger partial charge in [0.05, 0.1) is 22.9 Å². The molecule has 0 spiro atoms. The van der Waals surface area contributed by atoms with Crippen LogP contribution in [0.4, 0.5) is 18.9 Å². The van der Waals surface area contributed by atoms with Crippen molar-refractivity contribution in [1.29, 1.82) is 5.26 Å². The van der Waals surface area contributed by atoms with Gasteiger partial charge in [-0.05, 0) is 25.1 Å². The molecular formula is C13H10ClF3N2O2. The Balaban J connectivity index is 3.02. The van der Waals surface area contributed by atoms with Crippen LogP contribution < -0.4 is 5.32 Å². The molecule has 0 amide bonds. The Labute approximate surface area is 123 Å². The molecule has 21 heavy (non-hydrogen) atoms. The first-order chi connectivity index (χ1) is 9.79. The fraction of sp³-hybridized carbons (Fsp3) is 0.231. The summed E-state index contributed by atoms with van der Waals surface area (Å²) in [5.41, 5.74) is -1.37. The number of carbonyl (C=O) groups is 1. The van der Waals surface area contributed by atoms with E-state index in [1.165, 1.54) is 0 Å². The molecule has 1 aromatic rings. The normalized spacial score (nSPS) is 11.7. The number of carbonyl (C=O) groups excluding carboxylic acids is 1. The van der Waals surface area contributed by atoms with Crippen molar-refractivity contribution in [3.63, 3.8) is 0 Å². The Morgan fingerprint density at radius 3 is 2.71 bits per heavy atom. The number of nitrogens with zero attached hydrogens (tertiary/aromatic N) is 1. The van der Waals surface area contributed by atoms with E-state index in [1.807, 2.05) is 0 Å². The van der Waals surface area contributed by atoms with Gasteiger partial charge in [-0.1, -0.05) is 11.6 Å². The van der Waals surface area contributed by atoms with Crippen LogP contribution in [0.2, 0.25) is 5.02 Å². The van der Waals surface area contributed by atoms with Crippen LogP contribution in [0.15, 0.2) is 30.0 Å². The predicted molar refractivity (Wildman–Crippen MR) is 70.4 cm³/mol. The van der Waals surface area contributed by atoms with Crippen molar-refractivity contribution in [3.05, 3.63) is 40.6 Å². The number of hydrogen-bond donors (Lipinski definition) is 1. The number of nitrogens with one attached hydrogen (secondary N) is 1. The molecule has 0 aliphatic rings. The maximum absolute atomic E-state index is 12.6. The first-order valence-corrected chi connectivity index (χ1v) is 6.08. The summed E-state index contributed by atoms with van der Waals surface area (Å²) in [4.78, 5) is 11.3. The third-order valence-corrected chi connectivity index (χ3v) is 2.61. The number of benzene rings is 1. The van der Waals surface area contributed by atoms with Crippen LogP contribution in [0.3, 0.4) is 0 Å².